The van der Waals surface area contributed by atoms with Gasteiger partial charge >= 0.3 is 0 Å². The van der Waals surface area contributed by atoms with E-state index in [-0.39, 0.29) is 12.4 Å². The van der Waals surface area contributed by atoms with Crippen LogP contribution >= 0.6 is 12.4 Å². The largest absolute Gasteiger partial charge is 0.320 e. The molecule has 0 aromatic heterocycles. The Morgan fingerprint density at radius 1 is 1.00 bits per heavy atom. The first kappa shape index (κ1) is 16.6. The number of nitrogens with two attached hydrogens (primary N) is 1. The zero-order chi connectivity index (χ0) is 7.70. The Bertz CT molecular complexity index is 37.2. The maximum absolute atomic E-state index is 6.50. The lowest BCUT2D eigenvalue weighted by Gasteiger charge is -2.13. The van der Waals surface area contributed by atoms with Gasteiger partial charge in [0.15, 0.2) is 0 Å². The Morgan fingerprint density at radius 2 is 1.20 bits per heavy atom. The summed E-state index contributed by atoms with van der Waals surface area (Å²) in [5, 5.41) is 6.50. The maximum Gasteiger partial charge on any atom is -0.00474 e. The Hall–Kier alpha value is 0.170. The first-order valence-electron chi connectivity index (χ1n) is 3.33. The highest BCUT2D eigenvalue weighted by Crippen LogP contribution is 1.81. The lowest BCUT2D eigenvalue weighted by molar-refractivity contribution is 0.311. The normalized spacial score (nSPS) is 7.80. The lowest BCUT2D eigenvalue weighted by atomic mass is 10.5. The average molecular weight is 171 g/mol. The minimum Gasteiger partial charge on any atom is -0.320 e. The fraction of sp³-hybridized carbons (Fsp3) is 1.00. The molecule has 0 aliphatic rings. The van der Waals surface area contributed by atoms with Gasteiger partial charge in [-0.25, -0.2) is 5.90 Å². The van der Waals surface area contributed by atoms with Crippen molar-refractivity contribution in [3.8, 4) is 0 Å². The van der Waals surface area contributed by atoms with Crippen LogP contribution in [-0.2, 0) is 0 Å². The molecule has 0 rings (SSSR count). The first-order valence-corrected chi connectivity index (χ1v) is 3.33. The molecule has 0 saturated carbocycles. The van der Waals surface area contributed by atoms with Gasteiger partial charge in [-0.2, -0.15) is 0 Å². The van der Waals surface area contributed by atoms with Gasteiger partial charge in [0, 0.05) is 0 Å². The number of hydrogen-bond acceptors (Lipinski definition) is 3. The first-order chi connectivity index (χ1) is 4.35. The minimum absolute atomic E-state index is 0. The standard InChI is InChI=1S/C6H15N.ClH.H3NO/c1-4-7(5-2)6-3;;1-2/h4-6H2,1-3H3;1H;2H,1H2. The molecule has 66 valence electrons. The summed E-state index contributed by atoms with van der Waals surface area (Å²) in [5.41, 5.74) is 0. The zero-order valence-corrected chi connectivity index (χ0v) is 7.82. The molecule has 3 N–H and O–H groups in total. The molecule has 0 unspecified atom stereocenters. The number of halogens is 1. The molecule has 0 atom stereocenters. The second kappa shape index (κ2) is 16.1. The van der Waals surface area contributed by atoms with Crippen molar-refractivity contribution in [2.24, 2.45) is 5.90 Å². The number of rotatable bonds is 3. The molecule has 0 aromatic carbocycles. The van der Waals surface area contributed by atoms with Crippen LogP contribution < -0.4 is 5.90 Å². The van der Waals surface area contributed by atoms with Crippen molar-refractivity contribution in [2.45, 2.75) is 20.8 Å². The second-order valence-corrected chi connectivity index (χ2v) is 1.62. The Balaban J connectivity index is -0.000000149. The van der Waals surface area contributed by atoms with Crippen molar-refractivity contribution in [3.05, 3.63) is 0 Å². The second-order valence-electron chi connectivity index (χ2n) is 1.62. The van der Waals surface area contributed by atoms with Gasteiger partial charge in [-0.1, -0.05) is 20.8 Å². The molecule has 0 amide bonds. The molecule has 0 aromatic rings. The summed E-state index contributed by atoms with van der Waals surface area (Å²) in [6.45, 7) is 10.1. The van der Waals surface area contributed by atoms with Crippen LogP contribution in [-0.4, -0.2) is 29.7 Å². The van der Waals surface area contributed by atoms with Crippen molar-refractivity contribution in [3.63, 3.8) is 0 Å². The molecule has 0 saturated heterocycles. The fourth-order valence-electron chi connectivity index (χ4n) is 0.671. The Labute approximate surface area is 69.6 Å². The summed E-state index contributed by atoms with van der Waals surface area (Å²) in [4.78, 5) is 2.38. The summed E-state index contributed by atoms with van der Waals surface area (Å²) in [5.74, 6) is 3.50. The molecule has 0 fully saturated rings. The third-order valence-electron chi connectivity index (χ3n) is 1.34. The topological polar surface area (TPSA) is 49.5 Å². The van der Waals surface area contributed by atoms with E-state index in [4.69, 9.17) is 5.21 Å². The average Bonchev–Trinajstić information content (AvgIpc) is 1.96. The van der Waals surface area contributed by atoms with Crippen LogP contribution in [0.3, 0.4) is 0 Å². The predicted molar refractivity (Wildman–Crippen MR) is 46.7 cm³/mol. The van der Waals surface area contributed by atoms with E-state index in [1.807, 2.05) is 0 Å². The molecule has 0 aliphatic heterocycles. The highest BCUT2D eigenvalue weighted by molar-refractivity contribution is 5.85. The Morgan fingerprint density at radius 3 is 1.20 bits per heavy atom. The lowest BCUT2D eigenvalue weighted by Crippen LogP contribution is -2.21. The highest BCUT2D eigenvalue weighted by Gasteiger charge is 1.89. The molecule has 0 spiro atoms. The minimum atomic E-state index is 0. The summed E-state index contributed by atoms with van der Waals surface area (Å²) in [6, 6.07) is 0. The molecular weight excluding hydrogens is 152 g/mol. The molecule has 0 radical (unpaired) electrons. The van der Waals surface area contributed by atoms with E-state index in [9.17, 15) is 0 Å². The molecule has 0 aliphatic carbocycles. The monoisotopic (exact) mass is 170 g/mol. The fourth-order valence-corrected chi connectivity index (χ4v) is 0.671. The van der Waals surface area contributed by atoms with Crippen molar-refractivity contribution < 1.29 is 5.21 Å². The van der Waals surface area contributed by atoms with Crippen LogP contribution in [0.15, 0.2) is 0 Å². The third kappa shape index (κ3) is 11.0. The van der Waals surface area contributed by atoms with Crippen LogP contribution in [0.1, 0.15) is 20.8 Å². The van der Waals surface area contributed by atoms with Crippen LogP contribution in [0.2, 0.25) is 0 Å². The third-order valence-corrected chi connectivity index (χ3v) is 1.34. The summed E-state index contributed by atoms with van der Waals surface area (Å²) < 4.78 is 0. The maximum atomic E-state index is 6.50. The van der Waals surface area contributed by atoms with Crippen molar-refractivity contribution in [2.75, 3.05) is 19.6 Å². The van der Waals surface area contributed by atoms with Gasteiger partial charge in [0.1, 0.15) is 0 Å². The van der Waals surface area contributed by atoms with E-state index in [1.165, 1.54) is 19.6 Å². The highest BCUT2D eigenvalue weighted by atomic mass is 35.5. The van der Waals surface area contributed by atoms with Crippen LogP contribution in [0.4, 0.5) is 0 Å². The predicted octanol–water partition coefficient (Wildman–Crippen LogP) is 1.10. The smallest absolute Gasteiger partial charge is 0.00474 e. The van der Waals surface area contributed by atoms with Gasteiger partial charge < -0.3 is 10.1 Å². The van der Waals surface area contributed by atoms with Crippen molar-refractivity contribution >= 4 is 12.4 Å². The van der Waals surface area contributed by atoms with Crippen molar-refractivity contribution in [1.82, 2.24) is 4.90 Å². The number of hydrogen-bond donors (Lipinski definition) is 2. The van der Waals surface area contributed by atoms with Gasteiger partial charge in [-0.3, -0.25) is 0 Å². The van der Waals surface area contributed by atoms with Gasteiger partial charge in [0.2, 0.25) is 0 Å². The van der Waals surface area contributed by atoms with E-state index < -0.39 is 0 Å². The van der Waals surface area contributed by atoms with Gasteiger partial charge in [-0.05, 0) is 19.6 Å². The molecule has 10 heavy (non-hydrogen) atoms. The molecule has 4 heteroatoms. The van der Waals surface area contributed by atoms with Crippen molar-refractivity contribution in [1.29, 1.82) is 0 Å². The van der Waals surface area contributed by atoms with Gasteiger partial charge in [-0.15, -0.1) is 12.4 Å². The number of nitrogens with zero attached hydrogens (tertiary/aromatic N) is 1. The van der Waals surface area contributed by atoms with E-state index in [2.05, 4.69) is 31.6 Å². The van der Waals surface area contributed by atoms with Crippen LogP contribution in [0, 0.1) is 0 Å². The quantitative estimate of drug-likeness (QED) is 0.624. The molecular formula is C6H19ClN2O. The summed E-state index contributed by atoms with van der Waals surface area (Å²) in [7, 11) is 0. The zero-order valence-electron chi connectivity index (χ0n) is 7.00. The molecule has 3 nitrogen and oxygen atoms in total. The Kier molecular flexibility index (Phi) is 26.7. The van der Waals surface area contributed by atoms with Gasteiger partial charge in [0.25, 0.3) is 0 Å². The molecule has 0 heterocycles. The molecule has 0 bridgehead atoms. The van der Waals surface area contributed by atoms with E-state index >= 15 is 0 Å². The van der Waals surface area contributed by atoms with Crippen LogP contribution in [0.25, 0.3) is 0 Å². The van der Waals surface area contributed by atoms with E-state index in [1.54, 1.807) is 0 Å². The van der Waals surface area contributed by atoms with E-state index in [0.29, 0.717) is 0 Å². The van der Waals surface area contributed by atoms with Crippen LogP contribution in [0.5, 0.6) is 0 Å². The SMILES string of the molecule is CCN(CC)CC.Cl.NO. The summed E-state index contributed by atoms with van der Waals surface area (Å²) >= 11 is 0. The summed E-state index contributed by atoms with van der Waals surface area (Å²) in [6.07, 6.45) is 0. The van der Waals surface area contributed by atoms with E-state index in [0.717, 1.165) is 0 Å². The van der Waals surface area contributed by atoms with Gasteiger partial charge in [0.05, 0.1) is 0 Å².